The molecule has 5 heteroatoms. The monoisotopic (exact) mass is 570 g/mol. The third-order valence-corrected chi connectivity index (χ3v) is 8.00. The van der Waals surface area contributed by atoms with Gasteiger partial charge >= 0.3 is 6.09 Å². The molecule has 240 valence electrons. The van der Waals surface area contributed by atoms with Crippen LogP contribution in [0.2, 0.25) is 0 Å². The molecule has 0 atom stereocenters. The Balaban J connectivity index is 4.00. The first-order chi connectivity index (χ1) is 19.7. The number of unbranched alkanes of at least 4 members (excludes halogenated alkanes) is 22. The summed E-state index contributed by atoms with van der Waals surface area (Å²) in [5.41, 5.74) is 0. The Morgan fingerprint density at radius 1 is 0.550 bits per heavy atom. The smallest absolute Gasteiger partial charge is 0.407 e. The second kappa shape index (κ2) is 34.4. The van der Waals surface area contributed by atoms with Crippen molar-refractivity contribution in [3.63, 3.8) is 0 Å². The third kappa shape index (κ3) is 31.7. The number of hydrogen-bond acceptors (Lipinski definition) is 4. The predicted octanol–water partition coefficient (Wildman–Crippen LogP) is 10.7. The van der Waals surface area contributed by atoms with E-state index >= 15 is 0 Å². The number of carbonyl (C=O) groups excluding carboxylic acids is 1. The van der Waals surface area contributed by atoms with Crippen molar-refractivity contribution in [2.75, 3.05) is 26.4 Å². The largest absolute Gasteiger partial charge is 0.446 e. The Hall–Kier alpha value is -0.810. The summed E-state index contributed by atoms with van der Waals surface area (Å²) >= 11 is 0. The molecule has 0 spiro atoms. The first kappa shape index (κ1) is 39.2. The van der Waals surface area contributed by atoms with Crippen LogP contribution in [0.1, 0.15) is 187 Å². The van der Waals surface area contributed by atoms with Crippen molar-refractivity contribution in [3.8, 4) is 0 Å². The third-order valence-electron chi connectivity index (χ3n) is 8.00. The Bertz CT molecular complexity index is 460. The van der Waals surface area contributed by atoms with Crippen LogP contribution >= 0.6 is 0 Å². The summed E-state index contributed by atoms with van der Waals surface area (Å²) in [6, 6.07) is 0. The van der Waals surface area contributed by atoms with Gasteiger partial charge in [0.2, 0.25) is 0 Å². The minimum atomic E-state index is -0.287. The van der Waals surface area contributed by atoms with Crippen molar-refractivity contribution in [2.24, 2.45) is 0 Å². The van der Waals surface area contributed by atoms with E-state index in [9.17, 15) is 4.79 Å². The van der Waals surface area contributed by atoms with Crippen LogP contribution < -0.4 is 5.32 Å². The van der Waals surface area contributed by atoms with E-state index in [2.05, 4.69) is 19.2 Å². The van der Waals surface area contributed by atoms with Gasteiger partial charge in [-0.15, -0.1) is 0 Å². The number of nitrogens with one attached hydrogen (secondary N) is 1. The minimum Gasteiger partial charge on any atom is -0.446 e. The van der Waals surface area contributed by atoms with Gasteiger partial charge in [-0.3, -0.25) is 0 Å². The van der Waals surface area contributed by atoms with Gasteiger partial charge in [0, 0.05) is 13.2 Å². The Labute approximate surface area is 250 Å². The van der Waals surface area contributed by atoms with Crippen LogP contribution in [-0.2, 0) is 9.47 Å². The molecule has 0 unspecified atom stereocenters. The molecule has 0 aromatic rings. The molecule has 0 saturated carbocycles. The quantitative estimate of drug-likeness (QED) is 0.0771. The normalized spacial score (nSPS) is 11.4. The summed E-state index contributed by atoms with van der Waals surface area (Å²) < 4.78 is 11.1. The molecule has 0 aliphatic heterocycles. The lowest BCUT2D eigenvalue weighted by molar-refractivity contribution is 0.0789. The van der Waals surface area contributed by atoms with Crippen molar-refractivity contribution in [2.45, 2.75) is 193 Å². The highest BCUT2D eigenvalue weighted by Crippen LogP contribution is 2.18. The number of amides is 1. The first-order valence-electron chi connectivity index (χ1n) is 17.9. The number of alkyl carbamates (subject to hydrolysis) is 1. The summed E-state index contributed by atoms with van der Waals surface area (Å²) in [5, 5.41) is 11.6. The average molecular weight is 570 g/mol. The number of aliphatic hydroxyl groups excluding tert-OH is 1. The molecule has 0 aromatic carbocycles. The van der Waals surface area contributed by atoms with E-state index in [4.69, 9.17) is 14.6 Å². The summed E-state index contributed by atoms with van der Waals surface area (Å²) in [7, 11) is 0. The zero-order chi connectivity index (χ0) is 29.2. The van der Waals surface area contributed by atoms with Crippen molar-refractivity contribution >= 4 is 6.09 Å². The number of carbonyl (C=O) groups is 1. The summed E-state index contributed by atoms with van der Waals surface area (Å²) in [4.78, 5) is 12.4. The van der Waals surface area contributed by atoms with Crippen LogP contribution in [0, 0.1) is 0 Å². The van der Waals surface area contributed by atoms with E-state index in [1.807, 2.05) is 0 Å². The minimum absolute atomic E-state index is 0.0371. The maximum atomic E-state index is 12.4. The number of rotatable bonds is 33. The predicted molar refractivity (Wildman–Crippen MR) is 172 cm³/mol. The van der Waals surface area contributed by atoms with Gasteiger partial charge in [-0.2, -0.15) is 0 Å². The van der Waals surface area contributed by atoms with E-state index in [1.165, 1.54) is 141 Å². The Morgan fingerprint density at radius 2 is 0.925 bits per heavy atom. The fourth-order valence-electron chi connectivity index (χ4n) is 5.41. The molecule has 0 fully saturated rings. The highest BCUT2D eigenvalue weighted by molar-refractivity contribution is 5.67. The van der Waals surface area contributed by atoms with Crippen molar-refractivity contribution in [1.82, 2.24) is 5.32 Å². The van der Waals surface area contributed by atoms with Crippen LogP contribution in [0.15, 0.2) is 0 Å². The van der Waals surface area contributed by atoms with Crippen molar-refractivity contribution in [3.05, 3.63) is 0 Å². The zero-order valence-corrected chi connectivity index (χ0v) is 27.2. The molecule has 0 aliphatic carbocycles. The van der Waals surface area contributed by atoms with Crippen LogP contribution in [0.3, 0.4) is 0 Å². The maximum Gasteiger partial charge on any atom is 0.407 e. The van der Waals surface area contributed by atoms with Gasteiger partial charge in [-0.1, -0.05) is 155 Å². The molecule has 40 heavy (non-hydrogen) atoms. The molecule has 0 heterocycles. The van der Waals surface area contributed by atoms with Crippen LogP contribution in [0.4, 0.5) is 4.79 Å². The Morgan fingerprint density at radius 3 is 1.30 bits per heavy atom. The fourth-order valence-corrected chi connectivity index (χ4v) is 5.41. The highest BCUT2D eigenvalue weighted by atomic mass is 16.6. The molecule has 0 aromatic heterocycles. The molecule has 0 aliphatic rings. The van der Waals surface area contributed by atoms with Gasteiger partial charge in [0.1, 0.15) is 6.10 Å². The average Bonchev–Trinajstić information content (AvgIpc) is 2.95. The van der Waals surface area contributed by atoms with E-state index < -0.39 is 0 Å². The van der Waals surface area contributed by atoms with Crippen LogP contribution in [0.5, 0.6) is 0 Å². The van der Waals surface area contributed by atoms with Crippen molar-refractivity contribution in [1.29, 1.82) is 0 Å². The van der Waals surface area contributed by atoms with E-state index in [-0.39, 0.29) is 18.8 Å². The summed E-state index contributed by atoms with van der Waals surface area (Å²) in [6.45, 7) is 6.04. The molecule has 2 N–H and O–H groups in total. The van der Waals surface area contributed by atoms with E-state index in [0.29, 0.717) is 19.8 Å². The zero-order valence-electron chi connectivity index (χ0n) is 27.2. The SMILES string of the molecule is CCCCCCCCCCCCCCC(CCCCCCCCCCCCCC)OC(=O)NCCCOCCO. The molecular formula is C35H71NO4. The summed E-state index contributed by atoms with van der Waals surface area (Å²) in [5.74, 6) is 0. The lowest BCUT2D eigenvalue weighted by Crippen LogP contribution is -2.30. The van der Waals surface area contributed by atoms with Crippen LogP contribution in [-0.4, -0.2) is 43.7 Å². The molecule has 5 nitrogen and oxygen atoms in total. The molecule has 0 radical (unpaired) electrons. The molecule has 1 amide bonds. The number of hydrogen-bond donors (Lipinski definition) is 2. The van der Waals surface area contributed by atoms with Gasteiger partial charge in [-0.05, 0) is 32.1 Å². The highest BCUT2D eigenvalue weighted by Gasteiger charge is 2.14. The van der Waals surface area contributed by atoms with Crippen molar-refractivity contribution < 1.29 is 19.4 Å². The first-order valence-corrected chi connectivity index (χ1v) is 17.9. The fraction of sp³-hybridized carbons (Fsp3) is 0.971. The number of aliphatic hydroxyl groups is 1. The van der Waals surface area contributed by atoms with E-state index in [0.717, 1.165) is 32.1 Å². The molecule has 0 bridgehead atoms. The topological polar surface area (TPSA) is 67.8 Å². The van der Waals surface area contributed by atoms with E-state index in [1.54, 1.807) is 0 Å². The van der Waals surface area contributed by atoms with Gasteiger partial charge in [0.15, 0.2) is 0 Å². The van der Waals surface area contributed by atoms with Gasteiger partial charge in [-0.25, -0.2) is 4.79 Å². The number of ether oxygens (including phenoxy) is 2. The lowest BCUT2D eigenvalue weighted by atomic mass is 10.0. The molecule has 0 rings (SSSR count). The second-order valence-corrected chi connectivity index (χ2v) is 12.0. The lowest BCUT2D eigenvalue weighted by Gasteiger charge is -2.18. The second-order valence-electron chi connectivity index (χ2n) is 12.0. The van der Waals surface area contributed by atoms with Crippen LogP contribution in [0.25, 0.3) is 0 Å². The molecular weight excluding hydrogens is 498 g/mol. The molecule has 0 saturated heterocycles. The standard InChI is InChI=1S/C35H71NO4/c1-3-5-7-9-11-13-15-17-19-21-23-25-28-34(40-35(38)36-30-27-32-39-33-31-37)29-26-24-22-20-18-16-14-12-10-8-6-4-2/h34,37H,3-33H2,1-2H3,(H,36,38). The van der Waals surface area contributed by atoms with Gasteiger partial charge in [0.25, 0.3) is 0 Å². The summed E-state index contributed by atoms with van der Waals surface area (Å²) in [6.07, 6.45) is 34.8. The maximum absolute atomic E-state index is 12.4. The Kier molecular flexibility index (Phi) is 33.7. The van der Waals surface area contributed by atoms with Gasteiger partial charge in [0.05, 0.1) is 13.2 Å². The van der Waals surface area contributed by atoms with Gasteiger partial charge < -0.3 is 19.9 Å².